The van der Waals surface area contributed by atoms with Crippen molar-refractivity contribution in [3.05, 3.63) is 29.8 Å². The first-order chi connectivity index (χ1) is 8.20. The topological polar surface area (TPSA) is 15.3 Å². The van der Waals surface area contributed by atoms with Gasteiger partial charge in [0, 0.05) is 30.9 Å². The van der Waals surface area contributed by atoms with Gasteiger partial charge in [0.05, 0.1) is 0 Å². The summed E-state index contributed by atoms with van der Waals surface area (Å²) in [6.07, 6.45) is 2.53. The summed E-state index contributed by atoms with van der Waals surface area (Å²) in [5.41, 5.74) is 2.70. The van der Waals surface area contributed by atoms with Crippen LogP contribution in [0.2, 0.25) is 0 Å². The minimum absolute atomic E-state index is 0.589. The lowest BCUT2D eigenvalue weighted by molar-refractivity contribution is 0.386. The Hall–Kier alpha value is -1.02. The Morgan fingerprint density at radius 2 is 2.00 bits per heavy atom. The molecule has 0 spiro atoms. The fraction of sp³-hybridized carbons (Fsp3) is 0.600. The van der Waals surface area contributed by atoms with Crippen LogP contribution in [0.1, 0.15) is 32.3 Å². The van der Waals surface area contributed by atoms with E-state index < -0.39 is 0 Å². The summed E-state index contributed by atoms with van der Waals surface area (Å²) in [4.78, 5) is 2.54. The third-order valence-corrected chi connectivity index (χ3v) is 3.65. The van der Waals surface area contributed by atoms with Gasteiger partial charge in [-0.1, -0.05) is 31.0 Å². The van der Waals surface area contributed by atoms with Gasteiger partial charge in [-0.25, -0.2) is 0 Å². The molecule has 2 rings (SSSR count). The van der Waals surface area contributed by atoms with Crippen molar-refractivity contribution < 1.29 is 0 Å². The number of rotatable bonds is 3. The van der Waals surface area contributed by atoms with Crippen molar-refractivity contribution in [2.75, 3.05) is 18.0 Å². The van der Waals surface area contributed by atoms with E-state index in [0.717, 1.165) is 13.1 Å². The number of aryl methyl sites for hydroxylation is 1. The van der Waals surface area contributed by atoms with Crippen molar-refractivity contribution in [1.29, 1.82) is 0 Å². The van der Waals surface area contributed by atoms with Gasteiger partial charge in [0.2, 0.25) is 0 Å². The Morgan fingerprint density at radius 1 is 1.29 bits per heavy atom. The van der Waals surface area contributed by atoms with Crippen molar-refractivity contribution in [2.45, 2.75) is 45.7 Å². The second kappa shape index (κ2) is 5.54. The standard InChI is InChI=1S/C15H24N2/c1-4-5-14-11-17(13(3)10-16-14)15-8-6-12(2)7-9-15/h6-9,13-14,16H,4-5,10-11H2,1-3H3. The molecule has 0 radical (unpaired) electrons. The summed E-state index contributed by atoms with van der Waals surface area (Å²) < 4.78 is 0. The van der Waals surface area contributed by atoms with E-state index in [1.807, 2.05) is 0 Å². The normalized spacial score (nSPS) is 25.0. The van der Waals surface area contributed by atoms with E-state index in [2.05, 4.69) is 55.3 Å². The summed E-state index contributed by atoms with van der Waals surface area (Å²) >= 11 is 0. The van der Waals surface area contributed by atoms with E-state index in [1.54, 1.807) is 0 Å². The molecule has 0 aromatic heterocycles. The molecule has 0 aliphatic carbocycles. The molecule has 1 aliphatic rings. The number of benzene rings is 1. The molecule has 2 nitrogen and oxygen atoms in total. The van der Waals surface area contributed by atoms with Crippen molar-refractivity contribution in [2.24, 2.45) is 0 Å². The molecule has 94 valence electrons. The SMILES string of the molecule is CCCC1CN(c2ccc(C)cc2)C(C)CN1. The molecule has 17 heavy (non-hydrogen) atoms. The maximum Gasteiger partial charge on any atom is 0.0387 e. The zero-order chi connectivity index (χ0) is 12.3. The lowest BCUT2D eigenvalue weighted by Gasteiger charge is -2.40. The van der Waals surface area contributed by atoms with Crippen molar-refractivity contribution in [3.8, 4) is 0 Å². The smallest absolute Gasteiger partial charge is 0.0387 e. The highest BCUT2D eigenvalue weighted by Crippen LogP contribution is 2.21. The summed E-state index contributed by atoms with van der Waals surface area (Å²) in [7, 11) is 0. The lowest BCUT2D eigenvalue weighted by atomic mass is 10.0. The van der Waals surface area contributed by atoms with Gasteiger partial charge >= 0.3 is 0 Å². The Balaban J connectivity index is 2.09. The first-order valence-electron chi connectivity index (χ1n) is 6.77. The molecule has 1 N–H and O–H groups in total. The molecular weight excluding hydrogens is 208 g/mol. The fourth-order valence-corrected chi connectivity index (χ4v) is 2.57. The van der Waals surface area contributed by atoms with Gasteiger partial charge in [0.15, 0.2) is 0 Å². The fourth-order valence-electron chi connectivity index (χ4n) is 2.57. The molecule has 2 heteroatoms. The number of anilines is 1. The number of hydrogen-bond donors (Lipinski definition) is 1. The molecule has 1 saturated heterocycles. The Morgan fingerprint density at radius 3 is 2.65 bits per heavy atom. The number of nitrogens with one attached hydrogen (secondary N) is 1. The van der Waals surface area contributed by atoms with E-state index in [4.69, 9.17) is 0 Å². The van der Waals surface area contributed by atoms with Gasteiger partial charge < -0.3 is 10.2 Å². The number of nitrogens with zero attached hydrogens (tertiary/aromatic N) is 1. The third-order valence-electron chi connectivity index (χ3n) is 3.65. The van der Waals surface area contributed by atoms with Crippen LogP contribution in [0.4, 0.5) is 5.69 Å². The Kier molecular flexibility index (Phi) is 4.06. The van der Waals surface area contributed by atoms with Gasteiger partial charge in [-0.15, -0.1) is 0 Å². The van der Waals surface area contributed by atoms with Crippen molar-refractivity contribution in [1.82, 2.24) is 5.32 Å². The average molecular weight is 232 g/mol. The molecule has 0 bridgehead atoms. The van der Waals surface area contributed by atoms with Crippen LogP contribution >= 0.6 is 0 Å². The zero-order valence-electron chi connectivity index (χ0n) is 11.2. The van der Waals surface area contributed by atoms with Gasteiger partial charge in [-0.2, -0.15) is 0 Å². The summed E-state index contributed by atoms with van der Waals surface area (Å²) in [5.74, 6) is 0. The lowest BCUT2D eigenvalue weighted by Crippen LogP contribution is -2.55. The van der Waals surface area contributed by atoms with Crippen LogP contribution in [0.15, 0.2) is 24.3 Å². The monoisotopic (exact) mass is 232 g/mol. The van der Waals surface area contributed by atoms with Crippen LogP contribution in [0.5, 0.6) is 0 Å². The number of piperazine rings is 1. The molecular formula is C15H24N2. The molecule has 2 atom stereocenters. The largest absolute Gasteiger partial charge is 0.366 e. The molecule has 0 amide bonds. The Labute approximate surface area is 105 Å². The third kappa shape index (κ3) is 3.01. The van der Waals surface area contributed by atoms with Crippen LogP contribution < -0.4 is 10.2 Å². The van der Waals surface area contributed by atoms with E-state index in [0.29, 0.717) is 12.1 Å². The maximum atomic E-state index is 3.64. The van der Waals surface area contributed by atoms with Gasteiger partial charge in [-0.05, 0) is 32.4 Å². The zero-order valence-corrected chi connectivity index (χ0v) is 11.2. The summed E-state index contributed by atoms with van der Waals surface area (Å²) in [5, 5.41) is 3.64. The first kappa shape index (κ1) is 12.4. The molecule has 2 unspecified atom stereocenters. The van der Waals surface area contributed by atoms with E-state index in [9.17, 15) is 0 Å². The highest BCUT2D eigenvalue weighted by molar-refractivity contribution is 5.49. The molecule has 1 aromatic carbocycles. The minimum atomic E-state index is 0.589. The summed E-state index contributed by atoms with van der Waals surface area (Å²) in [6, 6.07) is 10.2. The Bertz CT molecular complexity index is 344. The molecule has 1 fully saturated rings. The van der Waals surface area contributed by atoms with Gasteiger partial charge in [-0.3, -0.25) is 0 Å². The quantitative estimate of drug-likeness (QED) is 0.862. The average Bonchev–Trinajstić information content (AvgIpc) is 2.33. The molecule has 1 aliphatic heterocycles. The van der Waals surface area contributed by atoms with Crippen LogP contribution in [-0.4, -0.2) is 25.2 Å². The second-order valence-corrected chi connectivity index (χ2v) is 5.23. The molecule has 0 saturated carbocycles. The molecule has 1 aromatic rings. The summed E-state index contributed by atoms with van der Waals surface area (Å²) in [6.45, 7) is 8.94. The molecule has 1 heterocycles. The predicted molar refractivity (Wildman–Crippen MR) is 74.7 cm³/mol. The van der Waals surface area contributed by atoms with Gasteiger partial charge in [0.1, 0.15) is 0 Å². The van der Waals surface area contributed by atoms with Crippen molar-refractivity contribution >= 4 is 5.69 Å². The predicted octanol–water partition coefficient (Wildman–Crippen LogP) is 2.96. The highest BCUT2D eigenvalue weighted by atomic mass is 15.2. The maximum absolute atomic E-state index is 3.64. The second-order valence-electron chi connectivity index (χ2n) is 5.23. The van der Waals surface area contributed by atoms with Crippen molar-refractivity contribution in [3.63, 3.8) is 0 Å². The van der Waals surface area contributed by atoms with Crippen LogP contribution in [-0.2, 0) is 0 Å². The van der Waals surface area contributed by atoms with Gasteiger partial charge in [0.25, 0.3) is 0 Å². The van der Waals surface area contributed by atoms with E-state index in [1.165, 1.54) is 24.1 Å². The van der Waals surface area contributed by atoms with E-state index in [-0.39, 0.29) is 0 Å². The minimum Gasteiger partial charge on any atom is -0.366 e. The van der Waals surface area contributed by atoms with Crippen LogP contribution in [0, 0.1) is 6.92 Å². The van der Waals surface area contributed by atoms with Crippen LogP contribution in [0.3, 0.4) is 0 Å². The van der Waals surface area contributed by atoms with E-state index >= 15 is 0 Å². The highest BCUT2D eigenvalue weighted by Gasteiger charge is 2.24. The number of hydrogen-bond acceptors (Lipinski definition) is 2. The first-order valence-corrected chi connectivity index (χ1v) is 6.77. The van der Waals surface area contributed by atoms with Crippen LogP contribution in [0.25, 0.3) is 0 Å².